The Balaban J connectivity index is 2.46. The topological polar surface area (TPSA) is 9.23 Å². The van der Waals surface area contributed by atoms with Gasteiger partial charge in [0.15, 0.2) is 0 Å². The molecule has 0 aromatic heterocycles. The van der Waals surface area contributed by atoms with E-state index in [2.05, 4.69) is 31.7 Å². The van der Waals surface area contributed by atoms with Crippen LogP contribution < -0.4 is 4.74 Å². The Kier molecular flexibility index (Phi) is 2.09. The van der Waals surface area contributed by atoms with Gasteiger partial charge in [-0.15, -0.1) is 6.58 Å². The highest BCUT2D eigenvalue weighted by atomic mass is 16.5. The molecule has 1 atom stereocenters. The van der Waals surface area contributed by atoms with Crippen molar-refractivity contribution in [3.63, 3.8) is 0 Å². The van der Waals surface area contributed by atoms with E-state index in [0.717, 1.165) is 18.8 Å². The second-order valence-electron chi connectivity index (χ2n) is 3.46. The first-order chi connectivity index (χ1) is 6.33. The minimum Gasteiger partial charge on any atom is -0.493 e. The molecule has 0 saturated heterocycles. The number of fused-ring (bicyclic) bond motifs is 1. The van der Waals surface area contributed by atoms with E-state index in [0.29, 0.717) is 5.92 Å². The van der Waals surface area contributed by atoms with Gasteiger partial charge in [-0.1, -0.05) is 31.2 Å². The summed E-state index contributed by atoms with van der Waals surface area (Å²) in [5, 5.41) is 0. The molecule has 0 bridgehead atoms. The number of para-hydroxylation sites is 1. The molecular formula is C12H14O. The van der Waals surface area contributed by atoms with Gasteiger partial charge < -0.3 is 4.74 Å². The molecule has 0 fully saturated rings. The Morgan fingerprint density at radius 3 is 3.15 bits per heavy atom. The van der Waals surface area contributed by atoms with Gasteiger partial charge >= 0.3 is 0 Å². The highest BCUT2D eigenvalue weighted by Crippen LogP contribution is 2.34. The largest absolute Gasteiger partial charge is 0.493 e. The summed E-state index contributed by atoms with van der Waals surface area (Å²) in [7, 11) is 0. The van der Waals surface area contributed by atoms with E-state index in [9.17, 15) is 0 Å². The summed E-state index contributed by atoms with van der Waals surface area (Å²) in [5.41, 5.74) is 2.61. The standard InChI is InChI=1S/C12H14O/c1-3-9(2)11-6-4-5-10-7-8-13-12(10)11/h3-6,9H,1,7-8H2,2H3/t9-/m0/s1. The molecule has 0 spiro atoms. The molecular weight excluding hydrogens is 160 g/mol. The number of rotatable bonds is 2. The van der Waals surface area contributed by atoms with Gasteiger partial charge in [-0.3, -0.25) is 0 Å². The van der Waals surface area contributed by atoms with Crippen molar-refractivity contribution in [2.24, 2.45) is 0 Å². The lowest BCUT2D eigenvalue weighted by molar-refractivity contribution is 0.353. The van der Waals surface area contributed by atoms with Crippen LogP contribution in [0.15, 0.2) is 30.9 Å². The molecule has 1 heteroatoms. The summed E-state index contributed by atoms with van der Waals surface area (Å²) in [6, 6.07) is 6.36. The third kappa shape index (κ3) is 1.35. The summed E-state index contributed by atoms with van der Waals surface area (Å²) in [4.78, 5) is 0. The van der Waals surface area contributed by atoms with Crippen LogP contribution in [0.3, 0.4) is 0 Å². The van der Waals surface area contributed by atoms with E-state index < -0.39 is 0 Å². The Morgan fingerprint density at radius 1 is 1.54 bits per heavy atom. The summed E-state index contributed by atoms with van der Waals surface area (Å²) >= 11 is 0. The zero-order valence-electron chi connectivity index (χ0n) is 7.92. The predicted octanol–water partition coefficient (Wildman–Crippen LogP) is 2.91. The Hall–Kier alpha value is -1.24. The minimum absolute atomic E-state index is 0.382. The van der Waals surface area contributed by atoms with E-state index in [1.54, 1.807) is 0 Å². The fourth-order valence-electron chi connectivity index (χ4n) is 1.73. The summed E-state index contributed by atoms with van der Waals surface area (Å²) in [6.07, 6.45) is 3.00. The third-order valence-electron chi connectivity index (χ3n) is 2.59. The lowest BCUT2D eigenvalue weighted by atomic mass is 9.98. The van der Waals surface area contributed by atoms with E-state index in [1.165, 1.54) is 11.1 Å². The first kappa shape index (κ1) is 8.36. The Bertz CT molecular complexity index is 328. The van der Waals surface area contributed by atoms with Crippen molar-refractivity contribution in [3.05, 3.63) is 42.0 Å². The molecule has 0 radical (unpaired) electrons. The fraction of sp³-hybridized carbons (Fsp3) is 0.333. The Labute approximate surface area is 79.0 Å². The van der Waals surface area contributed by atoms with Crippen LogP contribution in [0.4, 0.5) is 0 Å². The monoisotopic (exact) mass is 174 g/mol. The molecule has 0 aliphatic carbocycles. The molecule has 0 unspecified atom stereocenters. The van der Waals surface area contributed by atoms with Crippen LogP contribution in [-0.2, 0) is 6.42 Å². The highest BCUT2D eigenvalue weighted by Gasteiger charge is 2.17. The van der Waals surface area contributed by atoms with Crippen LogP contribution >= 0.6 is 0 Å². The van der Waals surface area contributed by atoms with Crippen molar-refractivity contribution >= 4 is 0 Å². The maximum Gasteiger partial charge on any atom is 0.126 e. The second kappa shape index (κ2) is 3.25. The van der Waals surface area contributed by atoms with Crippen molar-refractivity contribution in [2.45, 2.75) is 19.3 Å². The van der Waals surface area contributed by atoms with Crippen LogP contribution in [0.2, 0.25) is 0 Å². The molecule has 68 valence electrons. The second-order valence-corrected chi connectivity index (χ2v) is 3.46. The molecule has 13 heavy (non-hydrogen) atoms. The predicted molar refractivity (Wildman–Crippen MR) is 54.3 cm³/mol. The summed E-state index contributed by atoms with van der Waals surface area (Å²) in [6.45, 7) is 6.78. The minimum atomic E-state index is 0.382. The quantitative estimate of drug-likeness (QED) is 0.626. The van der Waals surface area contributed by atoms with Crippen LogP contribution in [0.5, 0.6) is 5.75 Å². The van der Waals surface area contributed by atoms with Crippen LogP contribution in [0, 0.1) is 0 Å². The van der Waals surface area contributed by atoms with Crippen LogP contribution in [-0.4, -0.2) is 6.61 Å². The van der Waals surface area contributed by atoms with Gasteiger partial charge in [-0.05, 0) is 5.56 Å². The highest BCUT2D eigenvalue weighted by molar-refractivity contribution is 5.46. The van der Waals surface area contributed by atoms with Gasteiger partial charge in [0.2, 0.25) is 0 Å². The lowest BCUT2D eigenvalue weighted by Crippen LogP contribution is -1.94. The van der Waals surface area contributed by atoms with E-state index in [1.807, 2.05) is 6.08 Å². The van der Waals surface area contributed by atoms with Crippen molar-refractivity contribution in [2.75, 3.05) is 6.61 Å². The number of ether oxygens (including phenoxy) is 1. The fourth-order valence-corrected chi connectivity index (χ4v) is 1.73. The van der Waals surface area contributed by atoms with E-state index >= 15 is 0 Å². The number of allylic oxidation sites excluding steroid dienone is 1. The van der Waals surface area contributed by atoms with E-state index in [-0.39, 0.29) is 0 Å². The van der Waals surface area contributed by atoms with Crippen molar-refractivity contribution in [3.8, 4) is 5.75 Å². The Morgan fingerprint density at radius 2 is 2.38 bits per heavy atom. The van der Waals surface area contributed by atoms with Gasteiger partial charge in [-0.25, -0.2) is 0 Å². The van der Waals surface area contributed by atoms with Crippen LogP contribution in [0.1, 0.15) is 24.0 Å². The number of benzene rings is 1. The average molecular weight is 174 g/mol. The van der Waals surface area contributed by atoms with Crippen molar-refractivity contribution in [1.29, 1.82) is 0 Å². The molecule has 0 saturated carbocycles. The molecule has 1 aliphatic rings. The lowest BCUT2D eigenvalue weighted by Gasteiger charge is -2.11. The maximum atomic E-state index is 5.60. The first-order valence-corrected chi connectivity index (χ1v) is 4.70. The molecule has 0 amide bonds. The van der Waals surface area contributed by atoms with Crippen molar-refractivity contribution < 1.29 is 4.74 Å². The number of hydrogen-bond donors (Lipinski definition) is 0. The van der Waals surface area contributed by atoms with Crippen LogP contribution in [0.25, 0.3) is 0 Å². The third-order valence-corrected chi connectivity index (χ3v) is 2.59. The van der Waals surface area contributed by atoms with E-state index in [4.69, 9.17) is 4.74 Å². The summed E-state index contributed by atoms with van der Waals surface area (Å²) in [5.74, 6) is 1.47. The molecule has 1 heterocycles. The molecule has 1 aromatic carbocycles. The van der Waals surface area contributed by atoms with Crippen molar-refractivity contribution in [1.82, 2.24) is 0 Å². The number of hydrogen-bond acceptors (Lipinski definition) is 1. The zero-order valence-corrected chi connectivity index (χ0v) is 7.92. The van der Waals surface area contributed by atoms with Gasteiger partial charge in [0.05, 0.1) is 6.61 Å². The normalized spacial score (nSPS) is 16.1. The average Bonchev–Trinajstić information content (AvgIpc) is 2.63. The van der Waals surface area contributed by atoms with Gasteiger partial charge in [0, 0.05) is 17.9 Å². The van der Waals surface area contributed by atoms with Gasteiger partial charge in [0.25, 0.3) is 0 Å². The molecule has 1 aromatic rings. The maximum absolute atomic E-state index is 5.60. The SMILES string of the molecule is C=C[C@H](C)c1cccc2c1OCC2. The molecule has 1 nitrogen and oxygen atoms in total. The molecule has 1 aliphatic heterocycles. The van der Waals surface area contributed by atoms with Gasteiger partial charge in [0.1, 0.15) is 5.75 Å². The molecule has 2 rings (SSSR count). The van der Waals surface area contributed by atoms with Gasteiger partial charge in [-0.2, -0.15) is 0 Å². The first-order valence-electron chi connectivity index (χ1n) is 4.70. The smallest absolute Gasteiger partial charge is 0.126 e. The molecule has 0 N–H and O–H groups in total. The zero-order chi connectivity index (χ0) is 9.26. The summed E-state index contributed by atoms with van der Waals surface area (Å²) < 4.78 is 5.60.